The highest BCUT2D eigenvalue weighted by atomic mass is 35.5. The highest BCUT2D eigenvalue weighted by molar-refractivity contribution is 6.17. The Balaban J connectivity index is 1.97. The smallest absolute Gasteiger partial charge is 0.220 e. The van der Waals surface area contributed by atoms with E-state index in [9.17, 15) is 4.79 Å². The first-order valence-corrected chi connectivity index (χ1v) is 7.38. The van der Waals surface area contributed by atoms with Crippen molar-refractivity contribution in [1.29, 1.82) is 0 Å². The molecular weight excluding hydrogens is 276 g/mol. The lowest BCUT2D eigenvalue weighted by Crippen LogP contribution is -2.30. The summed E-state index contributed by atoms with van der Waals surface area (Å²) < 4.78 is 2.09. The molecule has 106 valence electrons. The van der Waals surface area contributed by atoms with Crippen LogP contribution in [0, 0.1) is 6.92 Å². The lowest BCUT2D eigenvalue weighted by atomic mass is 10.2. The fraction of sp³-hybridized carbons (Fsp3) is 0.500. The molecule has 1 aliphatic rings. The van der Waals surface area contributed by atoms with E-state index in [0.717, 1.165) is 29.0 Å². The van der Waals surface area contributed by atoms with Gasteiger partial charge in [-0.25, -0.2) is 9.97 Å². The van der Waals surface area contributed by atoms with Crippen LogP contribution < -0.4 is 5.32 Å². The van der Waals surface area contributed by atoms with E-state index in [1.165, 1.54) is 0 Å². The molecule has 1 saturated heterocycles. The van der Waals surface area contributed by atoms with Crippen LogP contribution in [0.5, 0.6) is 0 Å². The highest BCUT2D eigenvalue weighted by Gasteiger charge is 2.23. The predicted molar refractivity (Wildman–Crippen MR) is 77.9 cm³/mol. The van der Waals surface area contributed by atoms with Crippen LogP contribution in [-0.4, -0.2) is 32.4 Å². The molecule has 6 heteroatoms. The molecule has 1 amide bonds. The molecule has 2 aromatic rings. The average Bonchev–Trinajstić information content (AvgIpc) is 2.95. The predicted octanol–water partition coefficient (Wildman–Crippen LogP) is 1.80. The summed E-state index contributed by atoms with van der Waals surface area (Å²) >= 11 is 5.86. The van der Waals surface area contributed by atoms with Crippen molar-refractivity contribution in [2.24, 2.45) is 0 Å². The molecule has 5 nitrogen and oxygen atoms in total. The zero-order chi connectivity index (χ0) is 14.1. The molecular formula is C14H17ClN4O. The van der Waals surface area contributed by atoms with Crippen LogP contribution in [0.1, 0.15) is 24.2 Å². The fourth-order valence-corrected chi connectivity index (χ4v) is 2.83. The van der Waals surface area contributed by atoms with Crippen LogP contribution in [0.4, 0.5) is 0 Å². The molecule has 0 radical (unpaired) electrons. The van der Waals surface area contributed by atoms with Gasteiger partial charge in [0.25, 0.3) is 0 Å². The molecule has 1 atom stereocenters. The number of nitrogens with one attached hydrogen (secondary N) is 1. The molecule has 0 saturated carbocycles. The SMILES string of the molecule is Cc1cnc2c(c1)nc(CCCl)n2CC1CCC(=O)N1. The van der Waals surface area contributed by atoms with Crippen molar-refractivity contribution in [2.45, 2.75) is 38.8 Å². The van der Waals surface area contributed by atoms with Gasteiger partial charge >= 0.3 is 0 Å². The maximum absolute atomic E-state index is 11.3. The highest BCUT2D eigenvalue weighted by Crippen LogP contribution is 2.19. The van der Waals surface area contributed by atoms with Gasteiger partial charge in [-0.2, -0.15) is 0 Å². The molecule has 0 spiro atoms. The second-order valence-corrected chi connectivity index (χ2v) is 5.61. The van der Waals surface area contributed by atoms with Gasteiger partial charge in [-0.3, -0.25) is 4.79 Å². The van der Waals surface area contributed by atoms with Gasteiger partial charge in [0, 0.05) is 37.5 Å². The van der Waals surface area contributed by atoms with Crippen LogP contribution in [0.15, 0.2) is 12.3 Å². The minimum atomic E-state index is 0.127. The van der Waals surface area contributed by atoms with Gasteiger partial charge < -0.3 is 9.88 Å². The number of imidazole rings is 1. The van der Waals surface area contributed by atoms with E-state index in [2.05, 4.69) is 19.9 Å². The van der Waals surface area contributed by atoms with Crippen molar-refractivity contribution in [3.63, 3.8) is 0 Å². The maximum atomic E-state index is 11.3. The largest absolute Gasteiger partial charge is 0.352 e. The lowest BCUT2D eigenvalue weighted by molar-refractivity contribution is -0.119. The van der Waals surface area contributed by atoms with E-state index < -0.39 is 0 Å². The summed E-state index contributed by atoms with van der Waals surface area (Å²) in [4.78, 5) is 20.4. The summed E-state index contributed by atoms with van der Waals surface area (Å²) in [6.07, 6.45) is 4.02. The number of carbonyl (C=O) groups is 1. The monoisotopic (exact) mass is 292 g/mol. The third kappa shape index (κ3) is 2.50. The van der Waals surface area contributed by atoms with Crippen molar-refractivity contribution < 1.29 is 4.79 Å². The van der Waals surface area contributed by atoms with Gasteiger partial charge in [0.1, 0.15) is 11.3 Å². The van der Waals surface area contributed by atoms with Gasteiger partial charge in [0.15, 0.2) is 5.65 Å². The quantitative estimate of drug-likeness (QED) is 0.874. The van der Waals surface area contributed by atoms with Gasteiger partial charge in [0.2, 0.25) is 5.91 Å². The Morgan fingerprint density at radius 3 is 3.10 bits per heavy atom. The van der Waals surface area contributed by atoms with Crippen LogP contribution in [-0.2, 0) is 17.8 Å². The minimum absolute atomic E-state index is 0.127. The van der Waals surface area contributed by atoms with Gasteiger partial charge in [0.05, 0.1) is 0 Å². The van der Waals surface area contributed by atoms with Gasteiger partial charge in [-0.15, -0.1) is 11.6 Å². The van der Waals surface area contributed by atoms with Crippen molar-refractivity contribution in [3.8, 4) is 0 Å². The number of hydrogen-bond acceptors (Lipinski definition) is 3. The molecule has 2 aromatic heterocycles. The summed E-state index contributed by atoms with van der Waals surface area (Å²) in [6.45, 7) is 2.72. The Bertz CT molecular complexity index is 652. The Morgan fingerprint density at radius 2 is 2.40 bits per heavy atom. The number of carbonyl (C=O) groups excluding carboxylic acids is 1. The molecule has 1 unspecified atom stereocenters. The standard InChI is InChI=1S/C14H17ClN4O/c1-9-6-11-14(16-7-9)19(12(18-11)4-5-15)8-10-2-3-13(20)17-10/h6-7,10H,2-5,8H2,1H3,(H,17,20). The molecule has 0 aromatic carbocycles. The second kappa shape index (κ2) is 5.40. The number of alkyl halides is 1. The molecule has 1 N–H and O–H groups in total. The van der Waals surface area contributed by atoms with Crippen LogP contribution in [0.2, 0.25) is 0 Å². The van der Waals surface area contributed by atoms with Crippen molar-refractivity contribution in [3.05, 3.63) is 23.7 Å². The first kappa shape index (κ1) is 13.4. The van der Waals surface area contributed by atoms with E-state index in [4.69, 9.17) is 11.6 Å². The van der Waals surface area contributed by atoms with E-state index in [0.29, 0.717) is 25.3 Å². The summed E-state index contributed by atoms with van der Waals surface area (Å²) in [5.74, 6) is 1.59. The van der Waals surface area contributed by atoms with E-state index in [-0.39, 0.29) is 11.9 Å². The number of fused-ring (bicyclic) bond motifs is 1. The summed E-state index contributed by atoms with van der Waals surface area (Å²) in [7, 11) is 0. The zero-order valence-corrected chi connectivity index (χ0v) is 12.2. The molecule has 1 aliphatic heterocycles. The topological polar surface area (TPSA) is 59.8 Å². The van der Waals surface area contributed by atoms with E-state index >= 15 is 0 Å². The maximum Gasteiger partial charge on any atom is 0.220 e. The van der Waals surface area contributed by atoms with Crippen molar-refractivity contribution >= 4 is 28.7 Å². The molecule has 1 fully saturated rings. The normalized spacial score (nSPS) is 18.7. The van der Waals surface area contributed by atoms with Crippen molar-refractivity contribution in [2.75, 3.05) is 5.88 Å². The first-order chi connectivity index (χ1) is 9.67. The van der Waals surface area contributed by atoms with E-state index in [1.54, 1.807) is 0 Å². The summed E-state index contributed by atoms with van der Waals surface area (Å²) in [5.41, 5.74) is 2.86. The Kier molecular flexibility index (Phi) is 3.61. The Hall–Kier alpha value is -1.62. The zero-order valence-electron chi connectivity index (χ0n) is 11.4. The number of halogens is 1. The fourth-order valence-electron chi connectivity index (χ4n) is 2.66. The molecule has 20 heavy (non-hydrogen) atoms. The third-order valence-corrected chi connectivity index (χ3v) is 3.80. The number of nitrogens with zero attached hydrogens (tertiary/aromatic N) is 3. The van der Waals surface area contributed by atoms with Crippen LogP contribution in [0.25, 0.3) is 11.2 Å². The number of aryl methyl sites for hydroxylation is 2. The number of amides is 1. The van der Waals surface area contributed by atoms with Gasteiger partial charge in [-0.05, 0) is 25.0 Å². The lowest BCUT2D eigenvalue weighted by Gasteiger charge is -2.13. The Labute approximate surface area is 122 Å². The van der Waals surface area contributed by atoms with Crippen molar-refractivity contribution in [1.82, 2.24) is 19.9 Å². The minimum Gasteiger partial charge on any atom is -0.352 e. The average molecular weight is 293 g/mol. The summed E-state index contributed by atoms with van der Waals surface area (Å²) in [6, 6.07) is 2.20. The Morgan fingerprint density at radius 1 is 1.55 bits per heavy atom. The van der Waals surface area contributed by atoms with Gasteiger partial charge in [-0.1, -0.05) is 0 Å². The molecule has 3 rings (SSSR count). The van der Waals surface area contributed by atoms with Crippen LogP contribution in [0.3, 0.4) is 0 Å². The molecule has 0 bridgehead atoms. The number of pyridine rings is 1. The van der Waals surface area contributed by atoms with E-state index in [1.807, 2.05) is 19.2 Å². The molecule has 0 aliphatic carbocycles. The number of rotatable bonds is 4. The second-order valence-electron chi connectivity index (χ2n) is 5.24. The van der Waals surface area contributed by atoms with Crippen LogP contribution >= 0.6 is 11.6 Å². The number of aromatic nitrogens is 3. The third-order valence-electron chi connectivity index (χ3n) is 3.61. The first-order valence-electron chi connectivity index (χ1n) is 6.84. The summed E-state index contributed by atoms with van der Waals surface area (Å²) in [5, 5.41) is 2.99. The molecule has 3 heterocycles. The number of hydrogen-bond donors (Lipinski definition) is 1.